The molecule has 0 radical (unpaired) electrons. The van der Waals surface area contributed by atoms with Crippen LogP contribution in [0, 0.1) is 11.3 Å². The molecule has 0 spiro atoms. The molecule has 1 amide bonds. The first-order valence-corrected chi connectivity index (χ1v) is 8.56. The van der Waals surface area contributed by atoms with Crippen LogP contribution in [0.5, 0.6) is 0 Å². The Kier molecular flexibility index (Phi) is 6.72. The number of carbonyl (C=O) groups is 1. The SMILES string of the molecule is N#Cc1ccc(CSCC(=O)N2CCN(CCO)CC2)cc1. The van der Waals surface area contributed by atoms with Gasteiger partial charge in [0.2, 0.25) is 5.91 Å². The van der Waals surface area contributed by atoms with E-state index < -0.39 is 0 Å². The van der Waals surface area contributed by atoms with Crippen molar-refractivity contribution in [1.29, 1.82) is 5.26 Å². The van der Waals surface area contributed by atoms with Gasteiger partial charge in [0, 0.05) is 38.5 Å². The number of aliphatic hydroxyl groups is 1. The van der Waals surface area contributed by atoms with Crippen LogP contribution >= 0.6 is 11.8 Å². The summed E-state index contributed by atoms with van der Waals surface area (Å²) in [7, 11) is 0. The zero-order chi connectivity index (χ0) is 15.8. The highest BCUT2D eigenvalue weighted by Gasteiger charge is 2.20. The minimum Gasteiger partial charge on any atom is -0.395 e. The molecule has 1 saturated heterocycles. The summed E-state index contributed by atoms with van der Waals surface area (Å²) in [4.78, 5) is 16.2. The fourth-order valence-corrected chi connectivity index (χ4v) is 3.27. The van der Waals surface area contributed by atoms with Crippen molar-refractivity contribution in [3.63, 3.8) is 0 Å². The standard InChI is InChI=1S/C16H21N3O2S/c17-11-14-1-3-15(4-2-14)12-22-13-16(21)19-7-5-18(6-8-19)9-10-20/h1-4,20H,5-10,12-13H2. The van der Waals surface area contributed by atoms with Crippen molar-refractivity contribution >= 4 is 17.7 Å². The topological polar surface area (TPSA) is 67.6 Å². The van der Waals surface area contributed by atoms with E-state index >= 15 is 0 Å². The van der Waals surface area contributed by atoms with Crippen LogP contribution in [0.15, 0.2) is 24.3 Å². The Morgan fingerprint density at radius 2 is 1.91 bits per heavy atom. The fraction of sp³-hybridized carbons (Fsp3) is 0.500. The van der Waals surface area contributed by atoms with Gasteiger partial charge in [0.1, 0.15) is 0 Å². The van der Waals surface area contributed by atoms with Gasteiger partial charge in [-0.05, 0) is 17.7 Å². The monoisotopic (exact) mass is 319 g/mol. The molecular weight excluding hydrogens is 298 g/mol. The molecule has 1 fully saturated rings. The first-order chi connectivity index (χ1) is 10.7. The summed E-state index contributed by atoms with van der Waals surface area (Å²) < 4.78 is 0. The molecule has 1 aromatic carbocycles. The third kappa shape index (κ3) is 5.02. The molecule has 0 atom stereocenters. The highest BCUT2D eigenvalue weighted by Crippen LogP contribution is 2.14. The Morgan fingerprint density at radius 1 is 1.23 bits per heavy atom. The van der Waals surface area contributed by atoms with Crippen molar-refractivity contribution in [2.75, 3.05) is 45.1 Å². The lowest BCUT2D eigenvalue weighted by Crippen LogP contribution is -2.49. The second kappa shape index (κ2) is 8.79. The number of hydrogen-bond donors (Lipinski definition) is 1. The lowest BCUT2D eigenvalue weighted by molar-refractivity contribution is -0.130. The molecule has 1 aliphatic heterocycles. The van der Waals surface area contributed by atoms with Crippen LogP contribution in [-0.4, -0.2) is 65.9 Å². The minimum absolute atomic E-state index is 0.175. The van der Waals surface area contributed by atoms with E-state index in [4.69, 9.17) is 10.4 Å². The number of piperazine rings is 1. The maximum absolute atomic E-state index is 12.1. The Labute approximate surface area is 135 Å². The van der Waals surface area contributed by atoms with E-state index in [9.17, 15) is 4.79 Å². The highest BCUT2D eigenvalue weighted by molar-refractivity contribution is 7.99. The molecule has 0 bridgehead atoms. The maximum Gasteiger partial charge on any atom is 0.232 e. The van der Waals surface area contributed by atoms with Crippen LogP contribution in [-0.2, 0) is 10.5 Å². The predicted molar refractivity (Wildman–Crippen MR) is 87.4 cm³/mol. The smallest absolute Gasteiger partial charge is 0.232 e. The van der Waals surface area contributed by atoms with Gasteiger partial charge in [0.05, 0.1) is 24.0 Å². The quantitative estimate of drug-likeness (QED) is 0.845. The molecule has 1 aliphatic rings. The molecule has 1 heterocycles. The number of hydrogen-bond acceptors (Lipinski definition) is 5. The summed E-state index contributed by atoms with van der Waals surface area (Å²) in [6.45, 7) is 4.04. The molecule has 6 heteroatoms. The van der Waals surface area contributed by atoms with E-state index in [1.807, 2.05) is 17.0 Å². The van der Waals surface area contributed by atoms with Crippen molar-refractivity contribution in [2.45, 2.75) is 5.75 Å². The van der Waals surface area contributed by atoms with Crippen molar-refractivity contribution < 1.29 is 9.90 Å². The third-order valence-electron chi connectivity index (χ3n) is 3.72. The average Bonchev–Trinajstić information content (AvgIpc) is 2.56. The number of aliphatic hydroxyl groups excluding tert-OH is 1. The second-order valence-corrected chi connectivity index (χ2v) is 6.23. The van der Waals surface area contributed by atoms with Crippen molar-refractivity contribution in [2.24, 2.45) is 0 Å². The van der Waals surface area contributed by atoms with Gasteiger partial charge >= 0.3 is 0 Å². The predicted octanol–water partition coefficient (Wildman–Crippen LogP) is 0.928. The average molecular weight is 319 g/mol. The molecule has 5 nitrogen and oxygen atoms in total. The van der Waals surface area contributed by atoms with Crippen LogP contribution in [0.3, 0.4) is 0 Å². The van der Waals surface area contributed by atoms with E-state index in [1.54, 1.807) is 23.9 Å². The van der Waals surface area contributed by atoms with Gasteiger partial charge < -0.3 is 10.0 Å². The van der Waals surface area contributed by atoms with E-state index in [2.05, 4.69) is 11.0 Å². The molecule has 0 aromatic heterocycles. The molecular formula is C16H21N3O2S. The van der Waals surface area contributed by atoms with Gasteiger partial charge in [-0.2, -0.15) is 5.26 Å². The first kappa shape index (κ1) is 16.8. The molecule has 0 unspecified atom stereocenters. The number of thioether (sulfide) groups is 1. The molecule has 0 aliphatic carbocycles. The summed E-state index contributed by atoms with van der Waals surface area (Å²) >= 11 is 1.60. The Morgan fingerprint density at radius 3 is 2.50 bits per heavy atom. The molecule has 118 valence electrons. The van der Waals surface area contributed by atoms with Gasteiger partial charge in [-0.3, -0.25) is 9.69 Å². The van der Waals surface area contributed by atoms with Crippen LogP contribution in [0.2, 0.25) is 0 Å². The van der Waals surface area contributed by atoms with Crippen LogP contribution in [0.4, 0.5) is 0 Å². The zero-order valence-corrected chi connectivity index (χ0v) is 13.4. The largest absolute Gasteiger partial charge is 0.395 e. The van der Waals surface area contributed by atoms with Gasteiger partial charge in [0.25, 0.3) is 0 Å². The molecule has 2 rings (SSSR count). The third-order valence-corrected chi connectivity index (χ3v) is 4.71. The normalized spacial score (nSPS) is 15.5. The molecule has 1 N–H and O–H groups in total. The number of rotatable bonds is 6. The Hall–Kier alpha value is -1.55. The first-order valence-electron chi connectivity index (χ1n) is 7.40. The van der Waals surface area contributed by atoms with Crippen molar-refractivity contribution in [3.05, 3.63) is 35.4 Å². The van der Waals surface area contributed by atoms with E-state index in [0.717, 1.165) is 37.5 Å². The Balaban J connectivity index is 1.68. The molecule has 0 saturated carbocycles. The maximum atomic E-state index is 12.1. The zero-order valence-electron chi connectivity index (χ0n) is 12.6. The second-order valence-electron chi connectivity index (χ2n) is 5.25. The number of carbonyl (C=O) groups excluding carboxylic acids is 1. The van der Waals surface area contributed by atoms with Gasteiger partial charge in [-0.15, -0.1) is 11.8 Å². The molecule has 1 aromatic rings. The van der Waals surface area contributed by atoms with E-state index in [-0.39, 0.29) is 12.5 Å². The summed E-state index contributed by atoms with van der Waals surface area (Å²) in [5.74, 6) is 1.45. The number of nitrogens with zero attached hydrogens (tertiary/aromatic N) is 3. The van der Waals surface area contributed by atoms with Crippen LogP contribution in [0.1, 0.15) is 11.1 Å². The van der Waals surface area contributed by atoms with Crippen LogP contribution < -0.4 is 0 Å². The van der Waals surface area contributed by atoms with Crippen LogP contribution in [0.25, 0.3) is 0 Å². The molecule has 22 heavy (non-hydrogen) atoms. The van der Waals surface area contributed by atoms with Crippen molar-refractivity contribution in [3.8, 4) is 6.07 Å². The Bertz CT molecular complexity index is 519. The minimum atomic E-state index is 0.175. The van der Waals surface area contributed by atoms with Gasteiger partial charge in [-0.1, -0.05) is 12.1 Å². The number of β-amino-alcohol motifs (C(OH)–C–C–N with tert-alkyl or cyclic N) is 1. The van der Waals surface area contributed by atoms with E-state index in [1.165, 1.54) is 0 Å². The number of amides is 1. The lowest BCUT2D eigenvalue weighted by atomic mass is 10.2. The lowest BCUT2D eigenvalue weighted by Gasteiger charge is -2.34. The van der Waals surface area contributed by atoms with Gasteiger partial charge in [-0.25, -0.2) is 0 Å². The van der Waals surface area contributed by atoms with Gasteiger partial charge in [0.15, 0.2) is 0 Å². The number of benzene rings is 1. The van der Waals surface area contributed by atoms with E-state index in [0.29, 0.717) is 17.9 Å². The summed E-state index contributed by atoms with van der Waals surface area (Å²) in [6.07, 6.45) is 0. The highest BCUT2D eigenvalue weighted by atomic mass is 32.2. The summed E-state index contributed by atoms with van der Waals surface area (Å²) in [5, 5.41) is 17.7. The number of nitriles is 1. The summed E-state index contributed by atoms with van der Waals surface area (Å²) in [6, 6.07) is 9.57. The fourth-order valence-electron chi connectivity index (χ4n) is 2.39. The van der Waals surface area contributed by atoms with Crippen molar-refractivity contribution in [1.82, 2.24) is 9.80 Å². The summed E-state index contributed by atoms with van der Waals surface area (Å²) in [5.41, 5.74) is 1.79.